The number of fused-ring (bicyclic) bond motifs is 1. The molecule has 1 aromatic rings. The van der Waals surface area contributed by atoms with E-state index in [9.17, 15) is 9.90 Å². The average Bonchev–Trinajstić information content (AvgIpc) is 2.87. The van der Waals surface area contributed by atoms with Gasteiger partial charge in [0, 0.05) is 11.8 Å². The Morgan fingerprint density at radius 1 is 1.19 bits per heavy atom. The number of nitrogens with zero attached hydrogens (tertiary/aromatic N) is 1. The molecular formula is C13H17NO2. The van der Waals surface area contributed by atoms with Gasteiger partial charge in [-0.1, -0.05) is 6.07 Å². The molecule has 0 radical (unpaired) electrons. The molecule has 0 bridgehead atoms. The molecule has 0 saturated heterocycles. The highest BCUT2D eigenvalue weighted by atomic mass is 16.3. The fraction of sp³-hybridized carbons (Fsp3) is 0.615. The van der Waals surface area contributed by atoms with Crippen LogP contribution in [0.3, 0.4) is 0 Å². The van der Waals surface area contributed by atoms with E-state index in [4.69, 9.17) is 0 Å². The summed E-state index contributed by atoms with van der Waals surface area (Å²) in [7, 11) is 0. The summed E-state index contributed by atoms with van der Waals surface area (Å²) in [5, 5.41) is 9.94. The molecule has 2 aliphatic rings. The fourth-order valence-electron chi connectivity index (χ4n) is 3.18. The third kappa shape index (κ3) is 1.42. The Hall–Kier alpha value is -1.09. The molecule has 0 aliphatic heterocycles. The number of pyridine rings is 1. The van der Waals surface area contributed by atoms with E-state index < -0.39 is 0 Å². The van der Waals surface area contributed by atoms with Gasteiger partial charge in [-0.15, -0.1) is 0 Å². The molecular weight excluding hydrogens is 202 g/mol. The molecule has 16 heavy (non-hydrogen) atoms. The lowest BCUT2D eigenvalue weighted by atomic mass is 10.1. The van der Waals surface area contributed by atoms with E-state index in [1.54, 1.807) is 6.07 Å². The summed E-state index contributed by atoms with van der Waals surface area (Å²) in [6.45, 7) is 0. The van der Waals surface area contributed by atoms with Crippen LogP contribution < -0.4 is 5.56 Å². The third-order valence-electron chi connectivity index (χ3n) is 3.96. The van der Waals surface area contributed by atoms with Crippen LogP contribution in [0.4, 0.5) is 0 Å². The Kier molecular flexibility index (Phi) is 2.36. The zero-order chi connectivity index (χ0) is 11.1. The molecule has 0 unspecified atom stereocenters. The molecule has 1 fully saturated rings. The summed E-state index contributed by atoms with van der Waals surface area (Å²) >= 11 is 0. The maximum absolute atomic E-state index is 12.0. The molecule has 3 rings (SSSR count). The molecule has 2 aliphatic carbocycles. The zero-order valence-corrected chi connectivity index (χ0v) is 9.35. The van der Waals surface area contributed by atoms with E-state index in [1.165, 1.54) is 11.3 Å². The summed E-state index contributed by atoms with van der Waals surface area (Å²) in [4.78, 5) is 12.0. The summed E-state index contributed by atoms with van der Waals surface area (Å²) in [6, 6.07) is 3.65. The van der Waals surface area contributed by atoms with Gasteiger partial charge in [0.25, 0.3) is 5.56 Å². The number of aliphatic hydroxyl groups is 1. The fourth-order valence-corrected chi connectivity index (χ4v) is 3.18. The Morgan fingerprint density at radius 2 is 2.06 bits per heavy atom. The minimum atomic E-state index is -0.329. The van der Waals surface area contributed by atoms with Gasteiger partial charge in [0.05, 0.1) is 12.1 Å². The average molecular weight is 219 g/mol. The lowest BCUT2D eigenvalue weighted by molar-refractivity contribution is 0.133. The molecule has 0 spiro atoms. The highest BCUT2D eigenvalue weighted by Gasteiger charge is 2.30. The second-order valence-corrected chi connectivity index (χ2v) is 4.93. The molecule has 2 atom stereocenters. The van der Waals surface area contributed by atoms with Gasteiger partial charge in [0.2, 0.25) is 0 Å². The first-order valence-corrected chi connectivity index (χ1v) is 6.19. The first-order valence-electron chi connectivity index (χ1n) is 6.19. The Morgan fingerprint density at radius 3 is 2.81 bits per heavy atom. The summed E-state index contributed by atoms with van der Waals surface area (Å²) in [5.74, 6) is 0. The molecule has 1 heterocycles. The van der Waals surface area contributed by atoms with Crippen molar-refractivity contribution in [3.05, 3.63) is 33.7 Å². The predicted octanol–water partition coefficient (Wildman–Crippen LogP) is 1.42. The first kappa shape index (κ1) is 10.1. The van der Waals surface area contributed by atoms with Gasteiger partial charge in [0.1, 0.15) is 0 Å². The van der Waals surface area contributed by atoms with E-state index in [1.807, 2.05) is 10.6 Å². The molecule has 3 nitrogen and oxygen atoms in total. The second kappa shape index (κ2) is 3.74. The third-order valence-corrected chi connectivity index (χ3v) is 3.96. The number of aliphatic hydroxyl groups excluding tert-OH is 1. The van der Waals surface area contributed by atoms with Crippen molar-refractivity contribution in [1.82, 2.24) is 4.57 Å². The van der Waals surface area contributed by atoms with E-state index in [2.05, 4.69) is 0 Å². The van der Waals surface area contributed by atoms with Crippen molar-refractivity contribution >= 4 is 0 Å². The van der Waals surface area contributed by atoms with Crippen LogP contribution in [0.5, 0.6) is 0 Å². The summed E-state index contributed by atoms with van der Waals surface area (Å²) in [5.41, 5.74) is 2.55. The van der Waals surface area contributed by atoms with Gasteiger partial charge in [-0.25, -0.2) is 0 Å². The molecule has 1 aromatic heterocycles. The smallest absolute Gasteiger partial charge is 0.251 e. The summed E-state index contributed by atoms with van der Waals surface area (Å²) < 4.78 is 1.88. The van der Waals surface area contributed by atoms with Crippen LogP contribution in [0.2, 0.25) is 0 Å². The molecule has 1 saturated carbocycles. The van der Waals surface area contributed by atoms with Crippen molar-refractivity contribution < 1.29 is 5.11 Å². The monoisotopic (exact) mass is 219 g/mol. The minimum absolute atomic E-state index is 0.0283. The van der Waals surface area contributed by atoms with Crippen LogP contribution >= 0.6 is 0 Å². The maximum atomic E-state index is 12.0. The SMILES string of the molecule is O=c1ccc2c(n1[C@H]1CCC[C@@H]1O)CCC2. The summed E-state index contributed by atoms with van der Waals surface area (Å²) in [6.07, 6.45) is 5.69. The quantitative estimate of drug-likeness (QED) is 0.776. The lowest BCUT2D eigenvalue weighted by Crippen LogP contribution is -2.31. The van der Waals surface area contributed by atoms with Crippen molar-refractivity contribution in [2.75, 3.05) is 0 Å². The molecule has 3 heteroatoms. The molecule has 86 valence electrons. The van der Waals surface area contributed by atoms with Crippen LogP contribution in [0.25, 0.3) is 0 Å². The first-order chi connectivity index (χ1) is 7.77. The standard InChI is InChI=1S/C13H17NO2/c15-12-6-2-5-11(12)14-10-4-1-3-9(10)7-8-13(14)16/h7-8,11-12,15H,1-6H2/t11-,12-/m0/s1. The Labute approximate surface area is 94.7 Å². The van der Waals surface area contributed by atoms with Crippen LogP contribution in [-0.4, -0.2) is 15.8 Å². The van der Waals surface area contributed by atoms with E-state index in [0.717, 1.165) is 38.5 Å². The minimum Gasteiger partial charge on any atom is -0.391 e. The largest absolute Gasteiger partial charge is 0.391 e. The van der Waals surface area contributed by atoms with E-state index in [-0.39, 0.29) is 17.7 Å². The zero-order valence-electron chi connectivity index (χ0n) is 9.35. The number of aryl methyl sites for hydroxylation is 1. The number of rotatable bonds is 1. The van der Waals surface area contributed by atoms with Crippen molar-refractivity contribution in [3.63, 3.8) is 0 Å². The molecule has 1 N–H and O–H groups in total. The normalized spacial score (nSPS) is 28.3. The highest BCUT2D eigenvalue weighted by molar-refractivity contribution is 5.26. The van der Waals surface area contributed by atoms with Crippen LogP contribution in [0, 0.1) is 0 Å². The van der Waals surface area contributed by atoms with Crippen LogP contribution in [0.1, 0.15) is 43.0 Å². The van der Waals surface area contributed by atoms with Crippen molar-refractivity contribution in [3.8, 4) is 0 Å². The van der Waals surface area contributed by atoms with Gasteiger partial charge in [0.15, 0.2) is 0 Å². The van der Waals surface area contributed by atoms with E-state index >= 15 is 0 Å². The van der Waals surface area contributed by atoms with Crippen molar-refractivity contribution in [2.24, 2.45) is 0 Å². The van der Waals surface area contributed by atoms with Gasteiger partial charge >= 0.3 is 0 Å². The highest BCUT2D eigenvalue weighted by Crippen LogP contribution is 2.32. The van der Waals surface area contributed by atoms with Crippen LogP contribution in [-0.2, 0) is 12.8 Å². The Bertz CT molecular complexity index is 463. The molecule has 0 amide bonds. The lowest BCUT2D eigenvalue weighted by Gasteiger charge is -2.21. The number of hydrogen-bond donors (Lipinski definition) is 1. The van der Waals surface area contributed by atoms with Gasteiger partial charge < -0.3 is 9.67 Å². The number of aromatic nitrogens is 1. The number of hydrogen-bond acceptors (Lipinski definition) is 2. The van der Waals surface area contributed by atoms with Gasteiger partial charge in [-0.3, -0.25) is 4.79 Å². The van der Waals surface area contributed by atoms with E-state index in [0.29, 0.717) is 0 Å². The molecule has 0 aromatic carbocycles. The maximum Gasteiger partial charge on any atom is 0.251 e. The van der Waals surface area contributed by atoms with Crippen LogP contribution in [0.15, 0.2) is 16.9 Å². The topological polar surface area (TPSA) is 42.2 Å². The van der Waals surface area contributed by atoms with Crippen molar-refractivity contribution in [2.45, 2.75) is 50.7 Å². The predicted molar refractivity (Wildman–Crippen MR) is 61.6 cm³/mol. The van der Waals surface area contributed by atoms with Gasteiger partial charge in [-0.05, 0) is 44.1 Å². The Balaban J connectivity index is 2.12. The second-order valence-electron chi connectivity index (χ2n) is 4.93. The van der Waals surface area contributed by atoms with Gasteiger partial charge in [-0.2, -0.15) is 0 Å². The van der Waals surface area contributed by atoms with Crippen molar-refractivity contribution in [1.29, 1.82) is 0 Å².